The summed E-state index contributed by atoms with van der Waals surface area (Å²) < 4.78 is 5.10. The monoisotopic (exact) mass is 300 g/mol. The maximum atomic E-state index is 11.6. The zero-order valence-corrected chi connectivity index (χ0v) is 12.9. The van der Waals surface area contributed by atoms with Crippen molar-refractivity contribution in [3.05, 3.63) is 0 Å². The third-order valence-corrected chi connectivity index (χ3v) is 3.09. The normalized spacial score (nSPS) is 22.1. The third kappa shape index (κ3) is 6.97. The Labute approximate surface area is 124 Å². The highest BCUT2D eigenvalue weighted by atomic mass is 16.6. The molecule has 1 aliphatic rings. The minimum atomic E-state index is -1.17. The topological polar surface area (TPSA) is 105 Å². The van der Waals surface area contributed by atoms with Crippen molar-refractivity contribution in [1.82, 2.24) is 10.6 Å². The first-order valence-electron chi connectivity index (χ1n) is 7.10. The second-order valence-corrected chi connectivity index (χ2v) is 6.45. The number of hydrogen-bond acceptors (Lipinski definition) is 4. The summed E-state index contributed by atoms with van der Waals surface area (Å²) in [6, 6.07) is -1.50. The number of aliphatic carboxylic acids is 1. The summed E-state index contributed by atoms with van der Waals surface area (Å²) in [5.41, 5.74) is -0.608. The van der Waals surface area contributed by atoms with Crippen LogP contribution in [-0.4, -0.2) is 40.8 Å². The predicted octanol–water partition coefficient (Wildman–Crippen LogP) is 1.27. The van der Waals surface area contributed by atoms with Gasteiger partial charge in [-0.25, -0.2) is 9.59 Å². The average Bonchev–Trinajstić information content (AvgIpc) is 2.97. The fourth-order valence-corrected chi connectivity index (χ4v) is 1.80. The van der Waals surface area contributed by atoms with Crippen molar-refractivity contribution in [3.8, 4) is 0 Å². The number of carbonyl (C=O) groups excluding carboxylic acids is 2. The maximum absolute atomic E-state index is 11.6. The fourth-order valence-electron chi connectivity index (χ4n) is 1.80. The maximum Gasteiger partial charge on any atom is 0.326 e. The Morgan fingerprint density at radius 1 is 1.33 bits per heavy atom. The van der Waals surface area contributed by atoms with E-state index in [4.69, 9.17) is 9.84 Å². The van der Waals surface area contributed by atoms with Gasteiger partial charge in [0.05, 0.1) is 0 Å². The molecule has 0 aromatic heterocycles. The quantitative estimate of drug-likeness (QED) is 0.641. The van der Waals surface area contributed by atoms with Crippen LogP contribution in [0.4, 0.5) is 4.79 Å². The first-order chi connectivity index (χ1) is 9.58. The first kappa shape index (κ1) is 17.3. The van der Waals surface area contributed by atoms with Gasteiger partial charge in [0.2, 0.25) is 0 Å². The molecule has 0 saturated heterocycles. The van der Waals surface area contributed by atoms with Crippen LogP contribution in [0.3, 0.4) is 0 Å². The molecule has 0 aromatic rings. The Balaban J connectivity index is 2.37. The highest BCUT2D eigenvalue weighted by Gasteiger charge is 2.34. The number of nitrogens with one attached hydrogen (secondary N) is 2. The molecule has 1 saturated carbocycles. The van der Waals surface area contributed by atoms with Crippen LogP contribution in [0.15, 0.2) is 0 Å². The van der Waals surface area contributed by atoms with Gasteiger partial charge in [-0.15, -0.1) is 0 Å². The van der Waals surface area contributed by atoms with Crippen molar-refractivity contribution < 1.29 is 24.2 Å². The molecule has 0 aromatic carbocycles. The van der Waals surface area contributed by atoms with E-state index in [1.54, 1.807) is 20.8 Å². The summed E-state index contributed by atoms with van der Waals surface area (Å²) in [6.07, 6.45) is 0.843. The van der Waals surface area contributed by atoms with Gasteiger partial charge < -0.3 is 20.5 Å². The Morgan fingerprint density at radius 3 is 2.33 bits per heavy atom. The van der Waals surface area contributed by atoms with Gasteiger partial charge in [-0.05, 0) is 39.5 Å². The summed E-state index contributed by atoms with van der Waals surface area (Å²) in [7, 11) is 0. The number of carboxylic acids is 1. The lowest BCUT2D eigenvalue weighted by molar-refractivity contribution is -0.155. The van der Waals surface area contributed by atoms with Crippen LogP contribution in [0.25, 0.3) is 0 Å². The number of ether oxygens (including phenoxy) is 1. The van der Waals surface area contributed by atoms with Gasteiger partial charge in [0.1, 0.15) is 11.6 Å². The van der Waals surface area contributed by atoms with Gasteiger partial charge >= 0.3 is 18.0 Å². The molecule has 7 heteroatoms. The second-order valence-electron chi connectivity index (χ2n) is 6.45. The van der Waals surface area contributed by atoms with Crippen molar-refractivity contribution in [1.29, 1.82) is 0 Å². The highest BCUT2D eigenvalue weighted by Crippen LogP contribution is 2.28. The van der Waals surface area contributed by atoms with Crippen molar-refractivity contribution >= 4 is 18.0 Å². The molecule has 0 aliphatic heterocycles. The zero-order valence-electron chi connectivity index (χ0n) is 12.9. The van der Waals surface area contributed by atoms with E-state index in [1.807, 2.05) is 6.92 Å². The Kier molecular flexibility index (Phi) is 5.57. The molecule has 1 rings (SSSR count). The lowest BCUT2D eigenvalue weighted by Gasteiger charge is -2.20. The summed E-state index contributed by atoms with van der Waals surface area (Å²) >= 11 is 0. The summed E-state index contributed by atoms with van der Waals surface area (Å²) in [6.45, 7) is 7.22. The molecule has 0 heterocycles. The van der Waals surface area contributed by atoms with E-state index < -0.39 is 29.6 Å². The SMILES string of the molecule is CC1CC1NC(=O)N[C@H](CCC(=O)OC(C)(C)C)C(=O)O. The van der Waals surface area contributed by atoms with E-state index in [0.717, 1.165) is 6.42 Å². The van der Waals surface area contributed by atoms with Gasteiger partial charge in [0.25, 0.3) is 0 Å². The fraction of sp³-hybridized carbons (Fsp3) is 0.786. The molecule has 21 heavy (non-hydrogen) atoms. The summed E-state index contributed by atoms with van der Waals surface area (Å²) in [4.78, 5) is 34.3. The molecule has 0 spiro atoms. The van der Waals surface area contributed by atoms with Crippen LogP contribution in [-0.2, 0) is 14.3 Å². The standard InChI is InChI=1S/C14H24N2O5/c1-8-7-10(8)16-13(20)15-9(12(18)19)5-6-11(17)21-14(2,3)4/h8-10H,5-7H2,1-4H3,(H,18,19)(H2,15,16,20)/t8?,9-,10?/m1/s1. The number of esters is 1. The molecule has 0 radical (unpaired) electrons. The predicted molar refractivity (Wildman–Crippen MR) is 75.7 cm³/mol. The molecule has 2 unspecified atom stereocenters. The largest absolute Gasteiger partial charge is 0.480 e. The van der Waals surface area contributed by atoms with Crippen LogP contribution in [0, 0.1) is 5.92 Å². The summed E-state index contributed by atoms with van der Waals surface area (Å²) in [5, 5.41) is 14.1. The second kappa shape index (κ2) is 6.78. The lowest BCUT2D eigenvalue weighted by atomic mass is 10.1. The molecule has 0 bridgehead atoms. The van der Waals surface area contributed by atoms with Gasteiger partial charge in [-0.1, -0.05) is 6.92 Å². The molecule has 2 amide bonds. The average molecular weight is 300 g/mol. The van der Waals surface area contributed by atoms with E-state index in [9.17, 15) is 14.4 Å². The van der Waals surface area contributed by atoms with E-state index in [-0.39, 0.29) is 18.9 Å². The number of rotatable bonds is 6. The van der Waals surface area contributed by atoms with Crippen LogP contribution >= 0.6 is 0 Å². The van der Waals surface area contributed by atoms with Crippen LogP contribution in [0.2, 0.25) is 0 Å². The van der Waals surface area contributed by atoms with Crippen molar-refractivity contribution in [2.24, 2.45) is 5.92 Å². The molecule has 120 valence electrons. The molecule has 7 nitrogen and oxygen atoms in total. The minimum absolute atomic E-state index is 0.00210. The molecule has 3 atom stereocenters. The first-order valence-corrected chi connectivity index (χ1v) is 7.10. The number of carbonyl (C=O) groups is 3. The smallest absolute Gasteiger partial charge is 0.326 e. The van der Waals surface area contributed by atoms with Gasteiger partial charge in [0, 0.05) is 12.5 Å². The number of carboxylic acid groups (broad SMARTS) is 1. The molecular formula is C14H24N2O5. The van der Waals surface area contributed by atoms with Crippen molar-refractivity contribution in [2.45, 2.75) is 64.6 Å². The van der Waals surface area contributed by atoms with E-state index in [1.165, 1.54) is 0 Å². The number of hydrogen-bond donors (Lipinski definition) is 3. The zero-order chi connectivity index (χ0) is 16.2. The summed E-state index contributed by atoms with van der Waals surface area (Å²) in [5.74, 6) is -1.22. The van der Waals surface area contributed by atoms with Crippen LogP contribution in [0.5, 0.6) is 0 Å². The van der Waals surface area contributed by atoms with Gasteiger partial charge in [-0.3, -0.25) is 4.79 Å². The van der Waals surface area contributed by atoms with Crippen molar-refractivity contribution in [2.75, 3.05) is 0 Å². The number of amides is 2. The van der Waals surface area contributed by atoms with E-state index >= 15 is 0 Å². The van der Waals surface area contributed by atoms with Gasteiger partial charge in [-0.2, -0.15) is 0 Å². The van der Waals surface area contributed by atoms with E-state index in [0.29, 0.717) is 5.92 Å². The molecule has 3 N–H and O–H groups in total. The molecule has 1 aliphatic carbocycles. The highest BCUT2D eigenvalue weighted by molar-refractivity contribution is 5.83. The van der Waals surface area contributed by atoms with Crippen molar-refractivity contribution in [3.63, 3.8) is 0 Å². The van der Waals surface area contributed by atoms with Crippen LogP contribution < -0.4 is 10.6 Å². The minimum Gasteiger partial charge on any atom is -0.480 e. The van der Waals surface area contributed by atoms with Crippen LogP contribution in [0.1, 0.15) is 47.0 Å². The Morgan fingerprint density at radius 2 is 1.90 bits per heavy atom. The number of urea groups is 1. The van der Waals surface area contributed by atoms with E-state index in [2.05, 4.69) is 10.6 Å². The molecular weight excluding hydrogens is 276 g/mol. The lowest BCUT2D eigenvalue weighted by Crippen LogP contribution is -2.47. The molecule has 1 fully saturated rings. The Hall–Kier alpha value is -1.79. The Bertz CT molecular complexity index is 416. The third-order valence-electron chi connectivity index (χ3n) is 3.09. The van der Waals surface area contributed by atoms with Gasteiger partial charge in [0.15, 0.2) is 0 Å².